The highest BCUT2D eigenvalue weighted by Gasteiger charge is 2.29. The smallest absolute Gasteiger partial charge is 0.326 e. The lowest BCUT2D eigenvalue weighted by molar-refractivity contribution is -0.137. The van der Waals surface area contributed by atoms with E-state index in [0.717, 1.165) is 34.5 Å². The molecule has 0 aliphatic heterocycles. The van der Waals surface area contributed by atoms with Crippen LogP contribution in [0.5, 0.6) is 0 Å². The molecule has 0 unspecified atom stereocenters. The third-order valence-corrected chi connectivity index (χ3v) is 4.61. The molecule has 2 aromatic carbocycles. The molecule has 1 heterocycles. The van der Waals surface area contributed by atoms with Crippen molar-refractivity contribution in [2.45, 2.75) is 25.8 Å². The fourth-order valence-corrected chi connectivity index (χ4v) is 3.16. The fourth-order valence-electron chi connectivity index (χ4n) is 3.16. The molecular formula is C21H21F3N6. The normalized spacial score (nSPS) is 11.5. The van der Waals surface area contributed by atoms with E-state index >= 15 is 0 Å². The minimum Gasteiger partial charge on any atom is -0.326 e. The van der Waals surface area contributed by atoms with Crippen LogP contribution < -0.4 is 0 Å². The number of rotatable bonds is 7. The van der Waals surface area contributed by atoms with E-state index in [2.05, 4.69) is 15.0 Å². The second kappa shape index (κ2) is 9.02. The number of nitrogens with zero attached hydrogens (tertiary/aromatic N) is 6. The second-order valence-electron chi connectivity index (χ2n) is 7.15. The van der Waals surface area contributed by atoms with E-state index in [1.165, 1.54) is 12.1 Å². The Labute approximate surface area is 172 Å². The van der Waals surface area contributed by atoms with Crippen LogP contribution in [-0.4, -0.2) is 28.5 Å². The first-order valence-corrected chi connectivity index (χ1v) is 9.23. The summed E-state index contributed by atoms with van der Waals surface area (Å²) in [4.78, 5) is 9.21. The first kappa shape index (κ1) is 21.4. The molecule has 3 rings (SSSR count). The molecule has 0 atom stereocenters. The lowest BCUT2D eigenvalue weighted by Gasteiger charge is -2.15. The van der Waals surface area contributed by atoms with Crippen LogP contribution in [0.2, 0.25) is 0 Å². The zero-order valence-electron chi connectivity index (χ0n) is 16.6. The van der Waals surface area contributed by atoms with Crippen molar-refractivity contribution in [3.05, 3.63) is 87.8 Å². The van der Waals surface area contributed by atoms with Crippen LogP contribution >= 0.6 is 0 Å². The number of aromatic nitrogens is 2. The van der Waals surface area contributed by atoms with Crippen molar-refractivity contribution in [3.8, 4) is 11.1 Å². The van der Waals surface area contributed by atoms with E-state index in [0.29, 0.717) is 18.9 Å². The first-order valence-electron chi connectivity index (χ1n) is 9.23. The maximum absolute atomic E-state index is 12.7. The van der Waals surface area contributed by atoms with Gasteiger partial charge in [0, 0.05) is 24.2 Å². The molecule has 156 valence electrons. The molecule has 0 aliphatic carbocycles. The quantitative estimate of drug-likeness (QED) is 0.291. The van der Waals surface area contributed by atoms with Gasteiger partial charge in [0.25, 0.3) is 0 Å². The highest BCUT2D eigenvalue weighted by molar-refractivity contribution is 5.64. The Morgan fingerprint density at radius 3 is 2.17 bits per heavy atom. The van der Waals surface area contributed by atoms with Crippen molar-refractivity contribution in [1.29, 1.82) is 0 Å². The molecule has 0 radical (unpaired) electrons. The number of alkyl halides is 3. The minimum atomic E-state index is -4.34. The molecule has 0 amide bonds. The number of imidazole rings is 1. The SMILES string of the molecule is CN(C)Cc1cnc(CN=[N+]=[N-])n1Cc1ccc(-c2ccc(C(F)(F)F)cc2)cc1. The van der Waals surface area contributed by atoms with Crippen LogP contribution in [-0.2, 0) is 25.8 Å². The molecule has 3 aromatic rings. The molecule has 30 heavy (non-hydrogen) atoms. The summed E-state index contributed by atoms with van der Waals surface area (Å²) < 4.78 is 40.2. The van der Waals surface area contributed by atoms with Gasteiger partial charge in [0.15, 0.2) is 0 Å². The predicted octanol–water partition coefficient (Wildman–Crippen LogP) is 5.49. The van der Waals surface area contributed by atoms with Crippen LogP contribution in [0.15, 0.2) is 59.8 Å². The Bertz CT molecular complexity index is 1030. The van der Waals surface area contributed by atoms with Gasteiger partial charge in [-0.2, -0.15) is 13.2 Å². The van der Waals surface area contributed by atoms with E-state index in [4.69, 9.17) is 5.53 Å². The topological polar surface area (TPSA) is 69.8 Å². The van der Waals surface area contributed by atoms with Gasteiger partial charge < -0.3 is 9.47 Å². The summed E-state index contributed by atoms with van der Waals surface area (Å²) in [6, 6.07) is 12.8. The van der Waals surface area contributed by atoms with Gasteiger partial charge in [-0.3, -0.25) is 0 Å². The zero-order chi connectivity index (χ0) is 21.7. The van der Waals surface area contributed by atoms with Crippen LogP contribution in [0.4, 0.5) is 13.2 Å². The van der Waals surface area contributed by atoms with E-state index in [1.807, 2.05) is 47.8 Å². The van der Waals surface area contributed by atoms with Crippen molar-refractivity contribution in [3.63, 3.8) is 0 Å². The van der Waals surface area contributed by atoms with Gasteiger partial charge in [0.2, 0.25) is 0 Å². The molecule has 1 aromatic heterocycles. The van der Waals surface area contributed by atoms with Gasteiger partial charge in [0.05, 0.1) is 17.8 Å². The maximum Gasteiger partial charge on any atom is 0.416 e. The monoisotopic (exact) mass is 414 g/mol. The van der Waals surface area contributed by atoms with Gasteiger partial charge in [0.1, 0.15) is 5.82 Å². The Balaban J connectivity index is 1.82. The van der Waals surface area contributed by atoms with Crippen molar-refractivity contribution in [2.24, 2.45) is 5.11 Å². The highest BCUT2D eigenvalue weighted by atomic mass is 19.4. The maximum atomic E-state index is 12.7. The van der Waals surface area contributed by atoms with Crippen LogP contribution in [0.1, 0.15) is 22.6 Å². The number of benzene rings is 2. The molecule has 0 fully saturated rings. The molecule has 6 nitrogen and oxygen atoms in total. The fraction of sp³-hybridized carbons (Fsp3) is 0.286. The standard InChI is InChI=1S/C21H21F3N6/c1-29(2)14-19-11-26-20(12-27-28-25)30(19)13-15-3-5-16(6-4-15)17-7-9-18(10-8-17)21(22,23)24/h3-11H,12-14H2,1-2H3. The van der Waals surface area contributed by atoms with Crippen LogP contribution in [0.25, 0.3) is 21.6 Å². The van der Waals surface area contributed by atoms with Crippen LogP contribution in [0, 0.1) is 0 Å². The number of halogens is 3. The van der Waals surface area contributed by atoms with Gasteiger partial charge >= 0.3 is 6.18 Å². The predicted molar refractivity (Wildman–Crippen MR) is 108 cm³/mol. The van der Waals surface area contributed by atoms with E-state index in [9.17, 15) is 13.2 Å². The van der Waals surface area contributed by atoms with Crippen molar-refractivity contribution < 1.29 is 13.2 Å². The minimum absolute atomic E-state index is 0.160. The average molecular weight is 414 g/mol. The zero-order valence-corrected chi connectivity index (χ0v) is 16.6. The number of hydrogen-bond donors (Lipinski definition) is 0. The van der Waals surface area contributed by atoms with Crippen LogP contribution in [0.3, 0.4) is 0 Å². The average Bonchev–Trinajstić information content (AvgIpc) is 3.07. The third kappa shape index (κ3) is 5.20. The Morgan fingerprint density at radius 2 is 1.63 bits per heavy atom. The molecule has 0 saturated carbocycles. The van der Waals surface area contributed by atoms with Gasteiger partial charge in [-0.15, -0.1) is 0 Å². The summed E-state index contributed by atoms with van der Waals surface area (Å²) in [7, 11) is 3.92. The van der Waals surface area contributed by atoms with Crippen molar-refractivity contribution in [1.82, 2.24) is 14.5 Å². The van der Waals surface area contributed by atoms with Gasteiger partial charge in [-0.05, 0) is 48.4 Å². The molecule has 0 aliphatic rings. The molecular weight excluding hydrogens is 393 g/mol. The summed E-state index contributed by atoms with van der Waals surface area (Å²) in [5, 5.41) is 3.62. The molecule has 9 heteroatoms. The van der Waals surface area contributed by atoms with E-state index in [-0.39, 0.29) is 6.54 Å². The largest absolute Gasteiger partial charge is 0.416 e. The lowest BCUT2D eigenvalue weighted by atomic mass is 10.0. The van der Waals surface area contributed by atoms with Gasteiger partial charge in [-0.25, -0.2) is 4.98 Å². The van der Waals surface area contributed by atoms with E-state index in [1.54, 1.807) is 6.20 Å². The second-order valence-corrected chi connectivity index (χ2v) is 7.15. The molecule has 0 spiro atoms. The first-order chi connectivity index (χ1) is 14.3. The summed E-state index contributed by atoms with van der Waals surface area (Å²) in [6.45, 7) is 1.40. The summed E-state index contributed by atoms with van der Waals surface area (Å²) in [5.41, 5.74) is 11.5. The summed E-state index contributed by atoms with van der Waals surface area (Å²) in [5.74, 6) is 0.677. The molecule has 0 N–H and O–H groups in total. The molecule has 0 saturated heterocycles. The van der Waals surface area contributed by atoms with Gasteiger partial charge in [-0.1, -0.05) is 41.5 Å². The Kier molecular flexibility index (Phi) is 6.44. The van der Waals surface area contributed by atoms with Crippen molar-refractivity contribution >= 4 is 0 Å². The lowest BCUT2D eigenvalue weighted by Crippen LogP contribution is -2.16. The van der Waals surface area contributed by atoms with Crippen molar-refractivity contribution in [2.75, 3.05) is 14.1 Å². The number of azide groups is 1. The molecule has 0 bridgehead atoms. The Hall–Kier alpha value is -3.29. The Morgan fingerprint density at radius 1 is 1.03 bits per heavy atom. The highest BCUT2D eigenvalue weighted by Crippen LogP contribution is 2.31. The van der Waals surface area contributed by atoms with E-state index < -0.39 is 11.7 Å². The number of hydrogen-bond acceptors (Lipinski definition) is 3. The summed E-state index contributed by atoms with van der Waals surface area (Å²) >= 11 is 0. The third-order valence-electron chi connectivity index (χ3n) is 4.61. The summed E-state index contributed by atoms with van der Waals surface area (Å²) in [6.07, 6.45) is -2.57.